The SMILES string of the molecule is O=[N+]([O-])c1cc(-c2nc3sc(-c4ccccc4)cn3c2CO)ccc1F. The Labute approximate surface area is 151 Å². The van der Waals surface area contributed by atoms with E-state index in [0.717, 1.165) is 22.6 Å². The van der Waals surface area contributed by atoms with E-state index >= 15 is 0 Å². The quantitative estimate of drug-likeness (QED) is 0.430. The van der Waals surface area contributed by atoms with E-state index in [4.69, 9.17) is 0 Å². The van der Waals surface area contributed by atoms with Crippen molar-refractivity contribution in [3.63, 3.8) is 0 Å². The zero-order chi connectivity index (χ0) is 18.3. The summed E-state index contributed by atoms with van der Waals surface area (Å²) in [7, 11) is 0. The van der Waals surface area contributed by atoms with Crippen molar-refractivity contribution in [1.29, 1.82) is 0 Å². The van der Waals surface area contributed by atoms with Gasteiger partial charge in [-0.25, -0.2) is 4.98 Å². The van der Waals surface area contributed by atoms with E-state index in [-0.39, 0.29) is 6.61 Å². The number of hydrogen-bond acceptors (Lipinski definition) is 5. The van der Waals surface area contributed by atoms with Crippen molar-refractivity contribution >= 4 is 22.0 Å². The number of aliphatic hydroxyl groups excluding tert-OH is 1. The van der Waals surface area contributed by atoms with Gasteiger partial charge in [0.1, 0.15) is 0 Å². The molecule has 0 radical (unpaired) electrons. The number of nitrogens with zero attached hydrogens (tertiary/aromatic N) is 3. The number of halogens is 1. The van der Waals surface area contributed by atoms with E-state index in [9.17, 15) is 19.6 Å². The van der Waals surface area contributed by atoms with Crippen molar-refractivity contribution in [3.05, 3.63) is 76.4 Å². The fourth-order valence-corrected chi connectivity index (χ4v) is 3.82. The molecule has 0 aliphatic carbocycles. The van der Waals surface area contributed by atoms with Gasteiger partial charge in [0.25, 0.3) is 0 Å². The van der Waals surface area contributed by atoms with Crippen LogP contribution in [0.2, 0.25) is 0 Å². The Morgan fingerprint density at radius 2 is 1.96 bits per heavy atom. The van der Waals surface area contributed by atoms with Crippen molar-refractivity contribution in [3.8, 4) is 21.7 Å². The van der Waals surface area contributed by atoms with Crippen molar-refractivity contribution in [1.82, 2.24) is 9.38 Å². The smallest absolute Gasteiger partial charge is 0.305 e. The fourth-order valence-electron chi connectivity index (χ4n) is 2.81. The zero-order valence-electron chi connectivity index (χ0n) is 13.3. The van der Waals surface area contributed by atoms with Crippen molar-refractivity contribution in [2.45, 2.75) is 6.61 Å². The molecular weight excluding hydrogens is 357 g/mol. The first-order chi connectivity index (χ1) is 12.6. The van der Waals surface area contributed by atoms with Gasteiger partial charge in [-0.05, 0) is 17.7 Å². The maximum atomic E-state index is 13.6. The molecule has 1 N–H and O–H groups in total. The molecular formula is C18H12FN3O3S. The molecule has 2 heterocycles. The largest absolute Gasteiger partial charge is 0.390 e. The van der Waals surface area contributed by atoms with E-state index in [1.165, 1.54) is 17.4 Å². The summed E-state index contributed by atoms with van der Waals surface area (Å²) in [6, 6.07) is 13.4. The Hall–Kier alpha value is -3.10. The molecule has 0 amide bonds. The summed E-state index contributed by atoms with van der Waals surface area (Å²) in [5.74, 6) is -0.906. The molecule has 0 spiro atoms. The van der Waals surface area contributed by atoms with Crippen LogP contribution in [0.5, 0.6) is 0 Å². The van der Waals surface area contributed by atoms with Crippen molar-refractivity contribution < 1.29 is 14.4 Å². The van der Waals surface area contributed by atoms with Gasteiger partial charge in [0.05, 0.1) is 27.8 Å². The molecule has 0 aliphatic heterocycles. The Morgan fingerprint density at radius 1 is 1.19 bits per heavy atom. The average Bonchev–Trinajstić information content (AvgIpc) is 3.20. The second-order valence-corrected chi connectivity index (χ2v) is 6.61. The highest BCUT2D eigenvalue weighted by Crippen LogP contribution is 2.34. The first-order valence-electron chi connectivity index (χ1n) is 7.70. The fraction of sp³-hybridized carbons (Fsp3) is 0.0556. The van der Waals surface area contributed by atoms with Gasteiger partial charge in [0, 0.05) is 17.8 Å². The molecule has 4 rings (SSSR count). The first kappa shape index (κ1) is 16.4. The highest BCUT2D eigenvalue weighted by Gasteiger charge is 2.20. The Bertz CT molecular complexity index is 1120. The van der Waals surface area contributed by atoms with Crippen LogP contribution >= 0.6 is 11.3 Å². The summed E-state index contributed by atoms with van der Waals surface area (Å²) in [6.07, 6.45) is 1.87. The molecule has 6 nitrogen and oxygen atoms in total. The molecule has 130 valence electrons. The minimum atomic E-state index is -0.906. The second-order valence-electron chi connectivity index (χ2n) is 5.60. The van der Waals surface area contributed by atoms with Crippen LogP contribution in [0.15, 0.2) is 54.7 Å². The third kappa shape index (κ3) is 2.65. The maximum absolute atomic E-state index is 13.6. The molecule has 26 heavy (non-hydrogen) atoms. The lowest BCUT2D eigenvalue weighted by molar-refractivity contribution is -0.387. The van der Waals surface area contributed by atoms with Crippen LogP contribution in [0.3, 0.4) is 0 Å². The van der Waals surface area contributed by atoms with Gasteiger partial charge < -0.3 is 5.11 Å². The summed E-state index contributed by atoms with van der Waals surface area (Å²) in [5, 5.41) is 20.8. The van der Waals surface area contributed by atoms with Crippen LogP contribution in [-0.2, 0) is 6.61 Å². The molecule has 0 bridgehead atoms. The number of hydrogen-bond donors (Lipinski definition) is 1. The summed E-state index contributed by atoms with van der Waals surface area (Å²) >= 11 is 1.44. The minimum Gasteiger partial charge on any atom is -0.390 e. The van der Waals surface area contributed by atoms with Crippen LogP contribution in [0.4, 0.5) is 10.1 Å². The predicted octanol–water partition coefficient (Wildman–Crippen LogP) is 4.27. The normalized spacial score (nSPS) is 11.2. The Balaban J connectivity index is 1.86. The number of benzene rings is 2. The predicted molar refractivity (Wildman–Crippen MR) is 96.5 cm³/mol. The highest BCUT2D eigenvalue weighted by molar-refractivity contribution is 7.20. The summed E-state index contributed by atoms with van der Waals surface area (Å²) in [6.45, 7) is -0.299. The van der Waals surface area contributed by atoms with Crippen LogP contribution in [-0.4, -0.2) is 19.4 Å². The lowest BCUT2D eigenvalue weighted by Gasteiger charge is -2.02. The lowest BCUT2D eigenvalue weighted by Crippen LogP contribution is -1.95. The van der Waals surface area contributed by atoms with Gasteiger partial charge in [0.2, 0.25) is 5.82 Å². The molecule has 0 fully saturated rings. The van der Waals surface area contributed by atoms with Crippen LogP contribution in [0, 0.1) is 15.9 Å². The first-order valence-corrected chi connectivity index (χ1v) is 8.51. The standard InChI is InChI=1S/C18H12FN3O3S/c19-13-7-6-12(8-14(13)22(24)25)17-15(10-23)21-9-16(26-18(21)20-17)11-4-2-1-3-5-11/h1-9,23H,10H2. The van der Waals surface area contributed by atoms with Crippen molar-refractivity contribution in [2.24, 2.45) is 0 Å². The number of thiazole rings is 1. The van der Waals surface area contributed by atoms with Gasteiger partial charge in [0.15, 0.2) is 4.96 Å². The minimum absolute atomic E-state index is 0.299. The number of nitro benzene ring substituents is 1. The number of fused-ring (bicyclic) bond motifs is 1. The number of aliphatic hydroxyl groups is 1. The lowest BCUT2D eigenvalue weighted by atomic mass is 10.1. The summed E-state index contributed by atoms with van der Waals surface area (Å²) < 4.78 is 15.4. The van der Waals surface area contributed by atoms with Crippen molar-refractivity contribution in [2.75, 3.05) is 0 Å². The Kier molecular flexibility index (Phi) is 3.98. The summed E-state index contributed by atoms with van der Waals surface area (Å²) in [4.78, 5) is 16.3. The molecule has 0 saturated carbocycles. The molecule has 0 atom stereocenters. The number of aromatic nitrogens is 2. The average molecular weight is 369 g/mol. The number of rotatable bonds is 4. The van der Waals surface area contributed by atoms with E-state index < -0.39 is 16.4 Å². The van der Waals surface area contributed by atoms with E-state index in [0.29, 0.717) is 21.9 Å². The number of imidazole rings is 1. The van der Waals surface area contributed by atoms with Crippen LogP contribution in [0.1, 0.15) is 5.69 Å². The van der Waals surface area contributed by atoms with Gasteiger partial charge >= 0.3 is 5.69 Å². The Morgan fingerprint density at radius 3 is 2.65 bits per heavy atom. The molecule has 8 heteroatoms. The topological polar surface area (TPSA) is 80.7 Å². The maximum Gasteiger partial charge on any atom is 0.305 e. The molecule has 0 unspecified atom stereocenters. The second kappa shape index (κ2) is 6.32. The van der Waals surface area contributed by atoms with E-state index in [1.54, 1.807) is 4.40 Å². The summed E-state index contributed by atoms with van der Waals surface area (Å²) in [5.41, 5.74) is 1.71. The van der Waals surface area contributed by atoms with Crippen LogP contribution < -0.4 is 0 Å². The van der Waals surface area contributed by atoms with Crippen LogP contribution in [0.25, 0.3) is 26.7 Å². The van der Waals surface area contributed by atoms with Gasteiger partial charge in [-0.1, -0.05) is 41.7 Å². The highest BCUT2D eigenvalue weighted by atomic mass is 32.1. The monoisotopic (exact) mass is 369 g/mol. The van der Waals surface area contributed by atoms with Gasteiger partial charge in [-0.2, -0.15) is 4.39 Å². The molecule has 2 aromatic heterocycles. The molecule has 4 aromatic rings. The molecule has 0 aliphatic rings. The zero-order valence-corrected chi connectivity index (χ0v) is 14.1. The molecule has 2 aromatic carbocycles. The third-order valence-electron chi connectivity index (χ3n) is 4.05. The van der Waals surface area contributed by atoms with Gasteiger partial charge in [-0.3, -0.25) is 14.5 Å². The van der Waals surface area contributed by atoms with E-state index in [2.05, 4.69) is 4.98 Å². The van der Waals surface area contributed by atoms with Gasteiger partial charge in [-0.15, -0.1) is 0 Å². The molecule has 0 saturated heterocycles. The number of nitro groups is 1. The third-order valence-corrected chi connectivity index (χ3v) is 5.08. The van der Waals surface area contributed by atoms with E-state index in [1.807, 2.05) is 36.5 Å².